The van der Waals surface area contributed by atoms with E-state index >= 15 is 0 Å². The van der Waals surface area contributed by atoms with E-state index in [-0.39, 0.29) is 24.6 Å². The van der Waals surface area contributed by atoms with E-state index in [0.29, 0.717) is 18.5 Å². The summed E-state index contributed by atoms with van der Waals surface area (Å²) in [5, 5.41) is 0. The lowest BCUT2D eigenvalue weighted by Crippen LogP contribution is -2.37. The Balaban J connectivity index is 2.87. The summed E-state index contributed by atoms with van der Waals surface area (Å²) in [5.74, 6) is -1.25. The summed E-state index contributed by atoms with van der Waals surface area (Å²) in [6, 6.07) is 4.32. The van der Waals surface area contributed by atoms with Crippen LogP contribution in [0.4, 0.5) is 4.39 Å². The molecule has 5 heteroatoms. The van der Waals surface area contributed by atoms with Crippen molar-refractivity contribution in [3.63, 3.8) is 0 Å². The van der Waals surface area contributed by atoms with Gasteiger partial charge in [-0.1, -0.05) is 13.0 Å². The van der Waals surface area contributed by atoms with Crippen molar-refractivity contribution in [1.29, 1.82) is 0 Å². The molecule has 20 heavy (non-hydrogen) atoms. The number of halogens is 1. The molecule has 0 N–H and O–H groups in total. The smallest absolute Gasteiger partial charge is 0.325 e. The molecule has 0 heterocycles. The molecule has 4 nitrogen and oxygen atoms in total. The zero-order valence-electron chi connectivity index (χ0n) is 12.1. The Bertz CT molecular complexity index is 488. The first-order valence-corrected chi connectivity index (χ1v) is 6.70. The molecule has 0 aromatic heterocycles. The van der Waals surface area contributed by atoms with Crippen LogP contribution in [0.3, 0.4) is 0 Å². The van der Waals surface area contributed by atoms with Gasteiger partial charge in [0.05, 0.1) is 6.61 Å². The molecule has 110 valence electrons. The highest BCUT2D eigenvalue weighted by molar-refractivity contribution is 5.96. The van der Waals surface area contributed by atoms with Gasteiger partial charge in [0.1, 0.15) is 12.4 Å². The number of esters is 1. The molecule has 0 saturated carbocycles. The summed E-state index contributed by atoms with van der Waals surface area (Å²) >= 11 is 0. The first-order chi connectivity index (χ1) is 9.49. The predicted molar refractivity (Wildman–Crippen MR) is 74.0 cm³/mol. The molecule has 0 spiro atoms. The fourth-order valence-corrected chi connectivity index (χ4v) is 1.79. The summed E-state index contributed by atoms with van der Waals surface area (Å²) in [6.07, 6.45) is 0.708. The zero-order valence-corrected chi connectivity index (χ0v) is 12.1. The average Bonchev–Trinajstić information content (AvgIpc) is 2.41. The van der Waals surface area contributed by atoms with E-state index in [9.17, 15) is 14.0 Å². The van der Waals surface area contributed by atoms with Gasteiger partial charge in [0.2, 0.25) is 0 Å². The fourth-order valence-electron chi connectivity index (χ4n) is 1.79. The highest BCUT2D eigenvalue weighted by atomic mass is 19.1. The van der Waals surface area contributed by atoms with E-state index in [1.807, 2.05) is 6.92 Å². The second-order valence-corrected chi connectivity index (χ2v) is 4.50. The first kappa shape index (κ1) is 16.1. The number of carbonyl (C=O) groups is 2. The highest BCUT2D eigenvalue weighted by Gasteiger charge is 2.19. The van der Waals surface area contributed by atoms with Gasteiger partial charge < -0.3 is 9.64 Å². The van der Waals surface area contributed by atoms with Crippen LogP contribution in [-0.4, -0.2) is 36.5 Å². The van der Waals surface area contributed by atoms with E-state index in [4.69, 9.17) is 4.74 Å². The van der Waals surface area contributed by atoms with Crippen molar-refractivity contribution in [2.75, 3.05) is 19.7 Å². The van der Waals surface area contributed by atoms with Crippen LogP contribution < -0.4 is 0 Å². The third-order valence-corrected chi connectivity index (χ3v) is 2.82. The van der Waals surface area contributed by atoms with E-state index in [2.05, 4.69) is 0 Å². The molecule has 1 rings (SSSR count). The van der Waals surface area contributed by atoms with Crippen molar-refractivity contribution in [2.24, 2.45) is 0 Å². The second kappa shape index (κ2) is 7.62. The Morgan fingerprint density at radius 1 is 1.30 bits per heavy atom. The Morgan fingerprint density at radius 3 is 2.55 bits per heavy atom. The maximum Gasteiger partial charge on any atom is 0.325 e. The van der Waals surface area contributed by atoms with Crippen molar-refractivity contribution in [3.05, 3.63) is 35.1 Å². The minimum Gasteiger partial charge on any atom is -0.465 e. The van der Waals surface area contributed by atoms with Crippen molar-refractivity contribution in [2.45, 2.75) is 27.2 Å². The van der Waals surface area contributed by atoms with E-state index in [1.165, 1.54) is 11.0 Å². The van der Waals surface area contributed by atoms with Gasteiger partial charge in [-0.25, -0.2) is 4.39 Å². The SMILES string of the molecule is CCCN(CC(=O)OCC)C(=O)c1ccc(C)c(F)c1. The minimum atomic E-state index is -0.457. The average molecular weight is 281 g/mol. The molecule has 0 saturated heterocycles. The predicted octanol–water partition coefficient (Wildman–Crippen LogP) is 2.55. The molecule has 0 aliphatic carbocycles. The highest BCUT2D eigenvalue weighted by Crippen LogP contribution is 2.12. The third-order valence-electron chi connectivity index (χ3n) is 2.82. The van der Waals surface area contributed by atoms with Crippen molar-refractivity contribution in [1.82, 2.24) is 4.90 Å². The summed E-state index contributed by atoms with van der Waals surface area (Å²) in [7, 11) is 0. The molecule has 0 unspecified atom stereocenters. The Labute approximate surface area is 118 Å². The van der Waals surface area contributed by atoms with Crippen molar-refractivity contribution >= 4 is 11.9 Å². The maximum absolute atomic E-state index is 13.5. The lowest BCUT2D eigenvalue weighted by molar-refractivity contribution is -0.143. The topological polar surface area (TPSA) is 46.6 Å². The minimum absolute atomic E-state index is 0.115. The van der Waals surface area contributed by atoms with Gasteiger partial charge >= 0.3 is 5.97 Å². The molecular weight excluding hydrogens is 261 g/mol. The number of carbonyl (C=O) groups excluding carboxylic acids is 2. The van der Waals surface area contributed by atoms with Crippen LogP contribution in [0.1, 0.15) is 36.2 Å². The number of benzene rings is 1. The number of hydrogen-bond donors (Lipinski definition) is 0. The van der Waals surface area contributed by atoms with Crippen molar-refractivity contribution < 1.29 is 18.7 Å². The molecular formula is C15H20FNO3. The Morgan fingerprint density at radius 2 is 2.00 bits per heavy atom. The number of rotatable bonds is 6. The van der Waals surface area contributed by atoms with Gasteiger partial charge in [-0.2, -0.15) is 0 Å². The van der Waals surface area contributed by atoms with Gasteiger partial charge in [-0.15, -0.1) is 0 Å². The molecule has 0 fully saturated rings. The van der Waals surface area contributed by atoms with Crippen molar-refractivity contribution in [3.8, 4) is 0 Å². The molecule has 1 aromatic carbocycles. The van der Waals surface area contributed by atoms with E-state index in [1.54, 1.807) is 26.0 Å². The summed E-state index contributed by atoms with van der Waals surface area (Å²) in [4.78, 5) is 25.2. The quantitative estimate of drug-likeness (QED) is 0.753. The largest absolute Gasteiger partial charge is 0.465 e. The van der Waals surface area contributed by atoms with Gasteiger partial charge in [-0.3, -0.25) is 9.59 Å². The monoisotopic (exact) mass is 281 g/mol. The molecule has 0 aliphatic rings. The fraction of sp³-hybridized carbons (Fsp3) is 0.467. The van der Waals surface area contributed by atoms with Crippen LogP contribution in [0.25, 0.3) is 0 Å². The van der Waals surface area contributed by atoms with Crippen LogP contribution in [0, 0.1) is 12.7 Å². The number of aryl methyl sites for hydroxylation is 1. The van der Waals surface area contributed by atoms with E-state index < -0.39 is 11.8 Å². The van der Waals surface area contributed by atoms with Crippen LogP contribution >= 0.6 is 0 Å². The van der Waals surface area contributed by atoms with Crippen LogP contribution in [0.2, 0.25) is 0 Å². The third kappa shape index (κ3) is 4.33. The molecule has 0 radical (unpaired) electrons. The number of ether oxygens (including phenoxy) is 1. The normalized spacial score (nSPS) is 10.2. The van der Waals surface area contributed by atoms with E-state index in [0.717, 1.165) is 0 Å². The lowest BCUT2D eigenvalue weighted by Gasteiger charge is -2.21. The Hall–Kier alpha value is -1.91. The first-order valence-electron chi connectivity index (χ1n) is 6.70. The summed E-state index contributed by atoms with van der Waals surface area (Å²) in [5.41, 5.74) is 0.722. The number of hydrogen-bond acceptors (Lipinski definition) is 3. The van der Waals surface area contributed by atoms with Gasteiger partial charge in [-0.05, 0) is 38.0 Å². The molecule has 1 aromatic rings. The molecule has 0 bridgehead atoms. The van der Waals surface area contributed by atoms with Gasteiger partial charge in [0, 0.05) is 12.1 Å². The van der Waals surface area contributed by atoms with Crippen LogP contribution in [0.5, 0.6) is 0 Å². The zero-order chi connectivity index (χ0) is 15.1. The van der Waals surface area contributed by atoms with Gasteiger partial charge in [0.15, 0.2) is 0 Å². The number of amides is 1. The number of nitrogens with zero attached hydrogens (tertiary/aromatic N) is 1. The maximum atomic E-state index is 13.5. The summed E-state index contributed by atoms with van der Waals surface area (Å²) in [6.45, 7) is 5.82. The molecule has 1 amide bonds. The van der Waals surface area contributed by atoms with Crippen LogP contribution in [-0.2, 0) is 9.53 Å². The van der Waals surface area contributed by atoms with Crippen LogP contribution in [0.15, 0.2) is 18.2 Å². The van der Waals surface area contributed by atoms with Gasteiger partial charge in [0.25, 0.3) is 5.91 Å². The molecule has 0 atom stereocenters. The summed E-state index contributed by atoms with van der Waals surface area (Å²) < 4.78 is 18.4. The standard InChI is InChI=1S/C15H20FNO3/c1-4-8-17(10-14(18)20-5-2)15(19)12-7-6-11(3)13(16)9-12/h6-7,9H,4-5,8,10H2,1-3H3. The molecule has 0 aliphatic heterocycles. The lowest BCUT2D eigenvalue weighted by atomic mass is 10.1. The second-order valence-electron chi connectivity index (χ2n) is 4.50. The Kier molecular flexibility index (Phi) is 6.15.